The lowest BCUT2D eigenvalue weighted by Crippen LogP contribution is -3.00. The zero-order valence-corrected chi connectivity index (χ0v) is 22.3. The summed E-state index contributed by atoms with van der Waals surface area (Å²) >= 11 is 0. The van der Waals surface area contributed by atoms with Gasteiger partial charge in [0.1, 0.15) is 0 Å². The van der Waals surface area contributed by atoms with Crippen LogP contribution in [0.1, 0.15) is 58.3 Å². The van der Waals surface area contributed by atoms with Crippen LogP contribution >= 0.6 is 0 Å². The molecule has 0 N–H and O–H groups in total. The number of hydrogen-bond donors (Lipinski definition) is 0. The van der Waals surface area contributed by atoms with Crippen molar-refractivity contribution in [1.29, 1.82) is 0 Å². The standard InChI is InChI=1S/C28H30N2.2BrH/c1-7-9-27(29-17-21(3)15-22(4)18-29)25-11-13-26(14-12-25)28(10-8-2)30-19-23(5)16-24(6)20-30;;/h1-2,11-20,27-28H,9-10H2,3-6H3;2*1H/q+2;;/p-2. The minimum Gasteiger partial charge on any atom is -1.00 e. The van der Waals surface area contributed by atoms with E-state index >= 15 is 0 Å². The molecular formula is C28H30Br2N2. The van der Waals surface area contributed by atoms with Crippen molar-refractivity contribution >= 4 is 0 Å². The van der Waals surface area contributed by atoms with Gasteiger partial charge in [0.15, 0.2) is 36.9 Å². The molecule has 0 amide bonds. The number of aromatic nitrogens is 2. The quantitative estimate of drug-likeness (QED) is 0.266. The summed E-state index contributed by atoms with van der Waals surface area (Å²) in [5.41, 5.74) is 7.33. The van der Waals surface area contributed by atoms with Crippen molar-refractivity contribution in [2.45, 2.75) is 52.6 Å². The predicted octanol–water partition coefficient (Wildman–Crippen LogP) is -1.27. The Kier molecular flexibility index (Phi) is 10.9. The average molecular weight is 554 g/mol. The minimum absolute atomic E-state index is 0. The summed E-state index contributed by atoms with van der Waals surface area (Å²) in [4.78, 5) is 0. The van der Waals surface area contributed by atoms with Gasteiger partial charge in [0.05, 0.1) is 12.8 Å². The van der Waals surface area contributed by atoms with Gasteiger partial charge in [-0.1, -0.05) is 36.1 Å². The van der Waals surface area contributed by atoms with Crippen LogP contribution in [0.5, 0.6) is 0 Å². The van der Waals surface area contributed by atoms with E-state index in [1.165, 1.54) is 33.4 Å². The summed E-state index contributed by atoms with van der Waals surface area (Å²) in [5.74, 6) is 5.70. The Bertz CT molecular complexity index is 991. The summed E-state index contributed by atoms with van der Waals surface area (Å²) in [6, 6.07) is 13.3. The van der Waals surface area contributed by atoms with Crippen molar-refractivity contribution in [2.75, 3.05) is 0 Å². The molecule has 0 radical (unpaired) electrons. The fourth-order valence-electron chi connectivity index (χ4n) is 4.20. The highest BCUT2D eigenvalue weighted by Crippen LogP contribution is 2.22. The summed E-state index contributed by atoms with van der Waals surface area (Å²) in [6.45, 7) is 8.46. The normalized spacial score (nSPS) is 11.8. The zero-order chi connectivity index (χ0) is 21.7. The summed E-state index contributed by atoms with van der Waals surface area (Å²) in [6.07, 6.45) is 21.4. The van der Waals surface area contributed by atoms with Crippen molar-refractivity contribution in [2.24, 2.45) is 0 Å². The van der Waals surface area contributed by atoms with Gasteiger partial charge < -0.3 is 34.0 Å². The van der Waals surface area contributed by atoms with Gasteiger partial charge in [0.25, 0.3) is 0 Å². The zero-order valence-electron chi connectivity index (χ0n) is 19.1. The lowest BCUT2D eigenvalue weighted by atomic mass is 9.97. The van der Waals surface area contributed by atoms with Crippen molar-refractivity contribution in [3.05, 3.63) is 94.6 Å². The van der Waals surface area contributed by atoms with Gasteiger partial charge in [-0.3, -0.25) is 0 Å². The second-order valence-electron chi connectivity index (χ2n) is 8.19. The van der Waals surface area contributed by atoms with E-state index in [1.807, 2.05) is 0 Å². The molecular weight excluding hydrogens is 524 g/mol. The Morgan fingerprint density at radius 1 is 0.625 bits per heavy atom. The van der Waals surface area contributed by atoms with Gasteiger partial charge in [-0.25, -0.2) is 0 Å². The fourth-order valence-corrected chi connectivity index (χ4v) is 4.20. The Labute approximate surface area is 214 Å². The van der Waals surface area contributed by atoms with Crippen LogP contribution in [0.2, 0.25) is 0 Å². The van der Waals surface area contributed by atoms with Crippen LogP contribution in [0.4, 0.5) is 0 Å². The first-order valence-electron chi connectivity index (χ1n) is 10.4. The third-order valence-electron chi connectivity index (χ3n) is 5.37. The SMILES string of the molecule is C#CCC(c1ccc(C(CC#C)[n+]2cc(C)cc(C)c2)cc1)[n+]1cc(C)cc(C)c1.[Br-].[Br-]. The van der Waals surface area contributed by atoms with E-state index in [2.05, 4.69) is 110 Å². The number of pyridine rings is 2. The molecule has 2 heterocycles. The first-order chi connectivity index (χ1) is 14.4. The molecule has 1 aromatic carbocycles. The Hall–Kier alpha value is -2.40. The van der Waals surface area contributed by atoms with Crippen molar-refractivity contribution in [3.63, 3.8) is 0 Å². The highest BCUT2D eigenvalue weighted by molar-refractivity contribution is 5.27. The van der Waals surface area contributed by atoms with Crippen LogP contribution in [-0.2, 0) is 0 Å². The van der Waals surface area contributed by atoms with Crippen LogP contribution in [0.3, 0.4) is 0 Å². The van der Waals surface area contributed by atoms with Crippen LogP contribution in [0, 0.1) is 52.4 Å². The number of benzene rings is 1. The number of terminal acetylenes is 2. The molecule has 0 aliphatic carbocycles. The molecule has 0 aliphatic heterocycles. The predicted molar refractivity (Wildman–Crippen MR) is 122 cm³/mol. The van der Waals surface area contributed by atoms with Crippen molar-refractivity contribution < 1.29 is 43.1 Å². The summed E-state index contributed by atoms with van der Waals surface area (Å²) < 4.78 is 4.47. The first-order valence-corrected chi connectivity index (χ1v) is 10.4. The number of halogens is 2. The largest absolute Gasteiger partial charge is 1.00 e. The average Bonchev–Trinajstić information content (AvgIpc) is 2.69. The van der Waals surface area contributed by atoms with Crippen molar-refractivity contribution in [3.8, 4) is 24.7 Å². The number of hydrogen-bond acceptors (Lipinski definition) is 0. The number of rotatable bonds is 6. The van der Waals surface area contributed by atoms with Crippen LogP contribution in [0.15, 0.2) is 61.2 Å². The molecule has 2 atom stereocenters. The molecule has 0 saturated heterocycles. The smallest absolute Gasteiger partial charge is 0.194 e. The maximum absolute atomic E-state index is 5.71. The molecule has 2 aromatic heterocycles. The number of nitrogens with zero attached hydrogens (tertiary/aromatic N) is 2. The lowest BCUT2D eigenvalue weighted by molar-refractivity contribution is -0.714. The van der Waals surface area contributed by atoms with Gasteiger partial charge in [-0.05, 0) is 39.8 Å². The van der Waals surface area contributed by atoms with Gasteiger partial charge in [0, 0.05) is 33.4 Å². The number of aryl methyl sites for hydroxylation is 4. The van der Waals surface area contributed by atoms with Gasteiger partial charge in [-0.2, -0.15) is 9.13 Å². The molecule has 0 fully saturated rings. The molecule has 0 bridgehead atoms. The third kappa shape index (κ3) is 6.80. The van der Waals surface area contributed by atoms with E-state index in [0.29, 0.717) is 12.8 Å². The molecule has 0 aliphatic rings. The molecule has 0 spiro atoms. The minimum atomic E-state index is 0. The van der Waals surface area contributed by atoms with E-state index in [-0.39, 0.29) is 46.0 Å². The maximum Gasteiger partial charge on any atom is 0.194 e. The first kappa shape index (κ1) is 27.6. The molecule has 4 heteroatoms. The van der Waals surface area contributed by atoms with E-state index in [1.54, 1.807) is 0 Å². The lowest BCUT2D eigenvalue weighted by Gasteiger charge is -2.15. The van der Waals surface area contributed by atoms with Crippen molar-refractivity contribution in [1.82, 2.24) is 0 Å². The van der Waals surface area contributed by atoms with Gasteiger partial charge in [0.2, 0.25) is 0 Å². The molecule has 2 unspecified atom stereocenters. The van der Waals surface area contributed by atoms with Gasteiger partial charge in [-0.15, -0.1) is 12.8 Å². The Morgan fingerprint density at radius 3 is 1.16 bits per heavy atom. The Morgan fingerprint density at radius 2 is 0.906 bits per heavy atom. The topological polar surface area (TPSA) is 7.76 Å². The van der Waals surface area contributed by atoms with E-state index in [9.17, 15) is 0 Å². The van der Waals surface area contributed by atoms with Crippen LogP contribution < -0.4 is 43.1 Å². The molecule has 3 rings (SSSR count). The Balaban J connectivity index is 0.00000256. The van der Waals surface area contributed by atoms with E-state index < -0.39 is 0 Å². The second kappa shape index (κ2) is 12.6. The molecule has 3 aromatic rings. The third-order valence-corrected chi connectivity index (χ3v) is 5.37. The molecule has 0 saturated carbocycles. The summed E-state index contributed by atoms with van der Waals surface area (Å²) in [5, 5.41) is 0. The molecule has 32 heavy (non-hydrogen) atoms. The van der Waals surface area contributed by atoms with E-state index in [4.69, 9.17) is 12.8 Å². The van der Waals surface area contributed by atoms with Gasteiger partial charge >= 0.3 is 0 Å². The molecule has 2 nitrogen and oxygen atoms in total. The van der Waals surface area contributed by atoms with Crippen LogP contribution in [-0.4, -0.2) is 0 Å². The maximum atomic E-state index is 5.71. The monoisotopic (exact) mass is 552 g/mol. The summed E-state index contributed by atoms with van der Waals surface area (Å²) in [7, 11) is 0. The van der Waals surface area contributed by atoms with E-state index in [0.717, 1.165) is 0 Å². The highest BCUT2D eigenvalue weighted by Gasteiger charge is 2.24. The molecule has 166 valence electrons. The highest BCUT2D eigenvalue weighted by atomic mass is 79.9. The van der Waals surface area contributed by atoms with Crippen LogP contribution in [0.25, 0.3) is 0 Å². The fraction of sp³-hybridized carbons (Fsp3) is 0.286. The second-order valence-corrected chi connectivity index (χ2v) is 8.19.